The molecule has 0 bridgehead atoms. The Hall–Kier alpha value is -0.530. The maximum atomic E-state index is 10.5. The summed E-state index contributed by atoms with van der Waals surface area (Å²) >= 11 is 0. The van der Waals surface area contributed by atoms with Gasteiger partial charge < -0.3 is 0 Å². The highest BCUT2D eigenvalue weighted by Crippen LogP contribution is 2.00. The van der Waals surface area contributed by atoms with Crippen LogP contribution in [0.4, 0.5) is 0 Å². The lowest BCUT2D eigenvalue weighted by molar-refractivity contribution is 0.311. The van der Waals surface area contributed by atoms with E-state index in [0.717, 1.165) is 31.9 Å². The molecule has 4 heteroatoms. The van der Waals surface area contributed by atoms with Gasteiger partial charge in [0.2, 0.25) is 0 Å². The molecule has 0 aliphatic carbocycles. The van der Waals surface area contributed by atoms with E-state index in [1.807, 2.05) is 6.92 Å². The molecule has 0 rings (SSSR count). The molecule has 0 aromatic rings. The highest BCUT2D eigenvalue weighted by Gasteiger charge is 1.99. The summed E-state index contributed by atoms with van der Waals surface area (Å²) in [5.74, 6) is 5.75. The van der Waals surface area contributed by atoms with Crippen LogP contribution in [0.3, 0.4) is 0 Å². The summed E-state index contributed by atoms with van der Waals surface area (Å²) in [6.07, 6.45) is 4.70. The quantitative estimate of drug-likeness (QED) is 0.374. The van der Waals surface area contributed by atoms with Crippen LogP contribution < -0.4 is 0 Å². The van der Waals surface area contributed by atoms with Crippen molar-refractivity contribution in [1.29, 1.82) is 0 Å². The predicted molar refractivity (Wildman–Crippen MR) is 52.7 cm³/mol. The highest BCUT2D eigenvalue weighted by atomic mass is 32.2. The fourth-order valence-corrected chi connectivity index (χ4v) is 1.25. The average Bonchev–Trinajstić information content (AvgIpc) is 2.01. The van der Waals surface area contributed by atoms with Gasteiger partial charge in [-0.05, 0) is 19.8 Å². The maximum absolute atomic E-state index is 10.5. The van der Waals surface area contributed by atoms with E-state index in [9.17, 15) is 8.42 Å². The van der Waals surface area contributed by atoms with Gasteiger partial charge in [0.15, 0.2) is 0 Å². The van der Waals surface area contributed by atoms with Gasteiger partial charge >= 0.3 is 0 Å². The SMILES string of the molecule is CC#CCCCCCOS(C)(=O)=O. The van der Waals surface area contributed by atoms with E-state index in [1.54, 1.807) is 0 Å². The Bertz CT molecular complexity index is 269. The van der Waals surface area contributed by atoms with Crippen LogP contribution in [0.25, 0.3) is 0 Å². The molecule has 0 amide bonds. The Morgan fingerprint density at radius 3 is 2.46 bits per heavy atom. The summed E-state index contributed by atoms with van der Waals surface area (Å²) in [5.41, 5.74) is 0. The first-order valence-electron chi connectivity index (χ1n) is 4.30. The lowest BCUT2D eigenvalue weighted by Gasteiger charge is -1.99. The molecule has 0 aliphatic heterocycles. The van der Waals surface area contributed by atoms with Crippen molar-refractivity contribution in [3.8, 4) is 11.8 Å². The Morgan fingerprint density at radius 1 is 1.23 bits per heavy atom. The van der Waals surface area contributed by atoms with Crippen molar-refractivity contribution < 1.29 is 12.6 Å². The molecular weight excluding hydrogens is 188 g/mol. The van der Waals surface area contributed by atoms with Crippen LogP contribution in [0.2, 0.25) is 0 Å². The molecule has 0 aromatic carbocycles. The van der Waals surface area contributed by atoms with E-state index in [0.29, 0.717) is 6.61 Å². The van der Waals surface area contributed by atoms with E-state index in [2.05, 4.69) is 16.0 Å². The van der Waals surface area contributed by atoms with Crippen LogP contribution in [0, 0.1) is 11.8 Å². The normalized spacial score (nSPS) is 10.6. The fourth-order valence-electron chi connectivity index (χ4n) is 0.828. The first-order valence-corrected chi connectivity index (χ1v) is 6.12. The van der Waals surface area contributed by atoms with Crippen molar-refractivity contribution in [2.75, 3.05) is 12.9 Å². The molecule has 0 atom stereocenters. The van der Waals surface area contributed by atoms with Crippen molar-refractivity contribution in [3.05, 3.63) is 0 Å². The van der Waals surface area contributed by atoms with Gasteiger partial charge in [-0.25, -0.2) is 0 Å². The molecular formula is C9H16O3S. The van der Waals surface area contributed by atoms with Gasteiger partial charge in [-0.15, -0.1) is 11.8 Å². The second-order valence-corrected chi connectivity index (χ2v) is 4.41. The fraction of sp³-hybridized carbons (Fsp3) is 0.778. The summed E-state index contributed by atoms with van der Waals surface area (Å²) < 4.78 is 25.6. The zero-order valence-corrected chi connectivity index (χ0v) is 8.99. The molecule has 3 nitrogen and oxygen atoms in total. The molecule has 0 spiro atoms. The van der Waals surface area contributed by atoms with Gasteiger partial charge in [-0.3, -0.25) is 4.18 Å². The van der Waals surface area contributed by atoms with Crippen LogP contribution in [0.15, 0.2) is 0 Å². The molecule has 76 valence electrons. The van der Waals surface area contributed by atoms with Crippen LogP contribution in [0.5, 0.6) is 0 Å². The van der Waals surface area contributed by atoms with Crippen molar-refractivity contribution in [1.82, 2.24) is 0 Å². The molecule has 0 saturated carbocycles. The van der Waals surface area contributed by atoms with Gasteiger partial charge in [0.05, 0.1) is 12.9 Å². The standard InChI is InChI=1S/C9H16O3S/c1-3-4-5-6-7-8-9-12-13(2,10)11/h5-9H2,1-2H3. The van der Waals surface area contributed by atoms with Crippen LogP contribution >= 0.6 is 0 Å². The number of unbranched alkanes of at least 4 members (excludes halogenated alkanes) is 3. The second kappa shape index (κ2) is 6.93. The van der Waals surface area contributed by atoms with Gasteiger partial charge in [0.1, 0.15) is 0 Å². The third-order valence-corrected chi connectivity index (χ3v) is 2.02. The van der Waals surface area contributed by atoms with Gasteiger partial charge in [-0.1, -0.05) is 6.42 Å². The first-order chi connectivity index (χ1) is 6.06. The third-order valence-electron chi connectivity index (χ3n) is 1.42. The van der Waals surface area contributed by atoms with Gasteiger partial charge in [0, 0.05) is 6.42 Å². The zero-order valence-electron chi connectivity index (χ0n) is 8.17. The molecule has 0 N–H and O–H groups in total. The van der Waals surface area contributed by atoms with Crippen LogP contribution in [-0.4, -0.2) is 21.3 Å². The lowest BCUT2D eigenvalue weighted by atomic mass is 10.2. The summed E-state index contributed by atoms with van der Waals surface area (Å²) in [5, 5.41) is 0. The minimum absolute atomic E-state index is 0.290. The summed E-state index contributed by atoms with van der Waals surface area (Å²) in [6.45, 7) is 2.10. The first kappa shape index (κ1) is 12.5. The molecule has 0 saturated heterocycles. The van der Waals surface area contributed by atoms with Crippen molar-refractivity contribution in [2.24, 2.45) is 0 Å². The summed E-state index contributed by atoms with van der Waals surface area (Å²) in [6, 6.07) is 0. The largest absolute Gasteiger partial charge is 0.270 e. The Labute approximate surface area is 80.6 Å². The number of hydrogen-bond acceptors (Lipinski definition) is 3. The minimum atomic E-state index is -3.25. The van der Waals surface area contributed by atoms with E-state index < -0.39 is 10.1 Å². The summed E-state index contributed by atoms with van der Waals surface area (Å²) in [7, 11) is -3.25. The zero-order chi connectivity index (χ0) is 10.2. The minimum Gasteiger partial charge on any atom is -0.270 e. The molecule has 13 heavy (non-hydrogen) atoms. The monoisotopic (exact) mass is 204 g/mol. The lowest BCUT2D eigenvalue weighted by Crippen LogP contribution is -2.03. The van der Waals surface area contributed by atoms with Crippen molar-refractivity contribution in [2.45, 2.75) is 32.6 Å². The Kier molecular flexibility index (Phi) is 6.65. The second-order valence-electron chi connectivity index (χ2n) is 2.76. The van der Waals surface area contributed by atoms with Gasteiger partial charge in [-0.2, -0.15) is 8.42 Å². The molecule has 0 radical (unpaired) electrons. The van der Waals surface area contributed by atoms with Crippen molar-refractivity contribution >= 4 is 10.1 Å². The van der Waals surface area contributed by atoms with E-state index in [-0.39, 0.29) is 0 Å². The topological polar surface area (TPSA) is 43.4 Å². The van der Waals surface area contributed by atoms with E-state index >= 15 is 0 Å². The smallest absolute Gasteiger partial charge is 0.264 e. The van der Waals surface area contributed by atoms with Crippen LogP contribution in [0.1, 0.15) is 32.6 Å². The number of hydrogen-bond donors (Lipinski definition) is 0. The summed E-state index contributed by atoms with van der Waals surface area (Å²) in [4.78, 5) is 0. The number of rotatable bonds is 6. The molecule has 0 fully saturated rings. The Morgan fingerprint density at radius 2 is 1.92 bits per heavy atom. The predicted octanol–water partition coefficient (Wildman–Crippen LogP) is 1.55. The third kappa shape index (κ3) is 11.5. The highest BCUT2D eigenvalue weighted by molar-refractivity contribution is 7.85. The maximum Gasteiger partial charge on any atom is 0.264 e. The van der Waals surface area contributed by atoms with E-state index in [4.69, 9.17) is 0 Å². The van der Waals surface area contributed by atoms with Crippen LogP contribution in [-0.2, 0) is 14.3 Å². The Balaban J connectivity index is 3.21. The van der Waals surface area contributed by atoms with Crippen molar-refractivity contribution in [3.63, 3.8) is 0 Å². The molecule has 0 unspecified atom stereocenters. The molecule has 0 heterocycles. The average molecular weight is 204 g/mol. The molecule has 0 aliphatic rings. The van der Waals surface area contributed by atoms with Gasteiger partial charge in [0.25, 0.3) is 10.1 Å². The van der Waals surface area contributed by atoms with E-state index in [1.165, 1.54) is 0 Å². The molecule has 0 aromatic heterocycles.